The number of fused-ring (bicyclic) bond motifs is 1. The molecule has 1 atom stereocenters. The number of halogens is 1. The molecule has 22 heavy (non-hydrogen) atoms. The SMILES string of the molecule is CCC(N)c1nc2cccc(Cl)c2c(=O)n1CCCCC#N. The third-order valence-electron chi connectivity index (χ3n) is 3.65. The molecule has 1 unspecified atom stereocenters. The van der Waals surface area contributed by atoms with Crippen molar-refractivity contribution in [3.8, 4) is 6.07 Å². The Kier molecular flexibility index (Phi) is 5.53. The first-order chi connectivity index (χ1) is 10.6. The first kappa shape index (κ1) is 16.5. The molecule has 2 aromatic rings. The lowest BCUT2D eigenvalue weighted by Gasteiger charge is -2.17. The number of benzene rings is 1. The van der Waals surface area contributed by atoms with Crippen molar-refractivity contribution in [1.29, 1.82) is 5.26 Å². The minimum atomic E-state index is -0.299. The van der Waals surface area contributed by atoms with Gasteiger partial charge in [-0.15, -0.1) is 0 Å². The van der Waals surface area contributed by atoms with Crippen LogP contribution in [-0.4, -0.2) is 9.55 Å². The molecule has 0 radical (unpaired) electrons. The third-order valence-corrected chi connectivity index (χ3v) is 3.97. The molecule has 0 aliphatic heterocycles. The van der Waals surface area contributed by atoms with Crippen LogP contribution in [0.4, 0.5) is 0 Å². The van der Waals surface area contributed by atoms with Crippen LogP contribution in [0.2, 0.25) is 5.02 Å². The fraction of sp³-hybridized carbons (Fsp3) is 0.438. The van der Waals surface area contributed by atoms with Gasteiger partial charge in [0.25, 0.3) is 5.56 Å². The molecule has 0 aliphatic rings. The highest BCUT2D eigenvalue weighted by Crippen LogP contribution is 2.21. The van der Waals surface area contributed by atoms with Crippen molar-refractivity contribution in [3.63, 3.8) is 0 Å². The Morgan fingerprint density at radius 3 is 2.91 bits per heavy atom. The van der Waals surface area contributed by atoms with Gasteiger partial charge in [0.1, 0.15) is 5.82 Å². The summed E-state index contributed by atoms with van der Waals surface area (Å²) in [5.74, 6) is 0.583. The van der Waals surface area contributed by atoms with E-state index in [1.165, 1.54) is 0 Å². The molecule has 1 heterocycles. The van der Waals surface area contributed by atoms with E-state index >= 15 is 0 Å². The van der Waals surface area contributed by atoms with Gasteiger partial charge in [-0.2, -0.15) is 5.26 Å². The smallest absolute Gasteiger partial charge is 0.262 e. The topological polar surface area (TPSA) is 84.7 Å². The van der Waals surface area contributed by atoms with Gasteiger partial charge in [-0.05, 0) is 31.4 Å². The highest BCUT2D eigenvalue weighted by atomic mass is 35.5. The third kappa shape index (κ3) is 3.29. The molecule has 0 fully saturated rings. The van der Waals surface area contributed by atoms with Gasteiger partial charge in [0.2, 0.25) is 0 Å². The largest absolute Gasteiger partial charge is 0.321 e. The predicted octanol–water partition coefficient (Wildman–Crippen LogP) is 3.15. The van der Waals surface area contributed by atoms with Crippen molar-refractivity contribution in [2.75, 3.05) is 0 Å². The minimum absolute atomic E-state index is 0.161. The van der Waals surface area contributed by atoms with Crippen molar-refractivity contribution in [3.05, 3.63) is 39.4 Å². The minimum Gasteiger partial charge on any atom is -0.321 e. The number of aromatic nitrogens is 2. The molecule has 1 aromatic heterocycles. The van der Waals surface area contributed by atoms with Crippen LogP contribution in [-0.2, 0) is 6.54 Å². The maximum atomic E-state index is 12.8. The Morgan fingerprint density at radius 1 is 1.45 bits per heavy atom. The fourth-order valence-corrected chi connectivity index (χ4v) is 2.65. The van der Waals surface area contributed by atoms with Crippen molar-refractivity contribution in [2.24, 2.45) is 5.73 Å². The van der Waals surface area contributed by atoms with E-state index in [4.69, 9.17) is 22.6 Å². The number of rotatable bonds is 6. The van der Waals surface area contributed by atoms with Crippen LogP contribution >= 0.6 is 11.6 Å². The molecule has 0 spiro atoms. The lowest BCUT2D eigenvalue weighted by atomic mass is 10.1. The summed E-state index contributed by atoms with van der Waals surface area (Å²) in [6, 6.07) is 7.04. The van der Waals surface area contributed by atoms with E-state index in [1.54, 1.807) is 22.8 Å². The van der Waals surface area contributed by atoms with Gasteiger partial charge < -0.3 is 5.73 Å². The Morgan fingerprint density at radius 2 is 2.23 bits per heavy atom. The van der Waals surface area contributed by atoms with Crippen LogP contribution in [0.5, 0.6) is 0 Å². The molecule has 2 rings (SSSR count). The van der Waals surface area contributed by atoms with E-state index in [0.717, 1.165) is 12.8 Å². The number of hydrogen-bond donors (Lipinski definition) is 1. The van der Waals surface area contributed by atoms with Crippen molar-refractivity contribution in [1.82, 2.24) is 9.55 Å². The zero-order valence-corrected chi connectivity index (χ0v) is 13.3. The van der Waals surface area contributed by atoms with Crippen molar-refractivity contribution in [2.45, 2.75) is 45.2 Å². The number of nitrogens with zero attached hydrogens (tertiary/aromatic N) is 3. The molecule has 1 aromatic carbocycles. The zero-order chi connectivity index (χ0) is 16.1. The highest BCUT2D eigenvalue weighted by Gasteiger charge is 2.17. The average molecular weight is 319 g/mol. The van der Waals surface area contributed by atoms with Crippen LogP contribution in [0.1, 0.15) is 44.5 Å². The summed E-state index contributed by atoms with van der Waals surface area (Å²) in [5.41, 5.74) is 6.53. The van der Waals surface area contributed by atoms with Crippen molar-refractivity contribution >= 4 is 22.5 Å². The quantitative estimate of drug-likeness (QED) is 0.829. The van der Waals surface area contributed by atoms with Crippen LogP contribution in [0, 0.1) is 11.3 Å². The monoisotopic (exact) mass is 318 g/mol. The fourth-order valence-electron chi connectivity index (χ4n) is 2.40. The maximum absolute atomic E-state index is 12.8. The van der Waals surface area contributed by atoms with E-state index in [1.807, 2.05) is 6.92 Å². The summed E-state index contributed by atoms with van der Waals surface area (Å²) < 4.78 is 1.61. The van der Waals surface area contributed by atoms with Gasteiger partial charge in [-0.25, -0.2) is 4.98 Å². The summed E-state index contributed by atoms with van der Waals surface area (Å²) in [6.45, 7) is 2.46. The second kappa shape index (κ2) is 7.39. The Bertz CT molecular complexity index is 763. The van der Waals surface area contributed by atoms with Crippen LogP contribution in [0.3, 0.4) is 0 Å². The molecule has 116 valence electrons. The molecule has 0 aliphatic carbocycles. The molecule has 0 saturated heterocycles. The molecule has 0 amide bonds. The summed E-state index contributed by atoms with van der Waals surface area (Å²) in [7, 11) is 0. The van der Waals surface area contributed by atoms with Crippen LogP contribution < -0.4 is 11.3 Å². The van der Waals surface area contributed by atoms with Gasteiger partial charge in [0.15, 0.2) is 0 Å². The number of nitriles is 1. The van der Waals surface area contributed by atoms with Crippen LogP contribution in [0.25, 0.3) is 10.9 Å². The molecule has 6 heteroatoms. The molecule has 5 nitrogen and oxygen atoms in total. The summed E-state index contributed by atoms with van der Waals surface area (Å²) in [6.07, 6.45) is 2.64. The first-order valence-electron chi connectivity index (χ1n) is 7.41. The molecular formula is C16H19ClN4O. The lowest BCUT2D eigenvalue weighted by molar-refractivity contribution is 0.523. The summed E-state index contributed by atoms with van der Waals surface area (Å²) in [4.78, 5) is 17.3. The maximum Gasteiger partial charge on any atom is 0.262 e. The van der Waals surface area contributed by atoms with Gasteiger partial charge in [-0.1, -0.05) is 24.6 Å². The van der Waals surface area contributed by atoms with Crippen molar-refractivity contribution < 1.29 is 0 Å². The average Bonchev–Trinajstić information content (AvgIpc) is 2.52. The standard InChI is InChI=1S/C16H19ClN4O/c1-2-12(19)15-20-13-8-6-7-11(17)14(13)16(22)21(15)10-5-3-4-9-18/h6-8,12H,2-5,10,19H2,1H3. The Balaban J connectivity index is 2.54. The normalized spacial score (nSPS) is 12.3. The van der Waals surface area contributed by atoms with Crippen LogP contribution in [0.15, 0.2) is 23.0 Å². The summed E-state index contributed by atoms with van der Waals surface area (Å²) >= 11 is 6.16. The Labute approximate surface area is 134 Å². The Hall–Kier alpha value is -1.90. The molecule has 0 saturated carbocycles. The summed E-state index contributed by atoms with van der Waals surface area (Å²) in [5, 5.41) is 9.44. The van der Waals surface area contributed by atoms with E-state index < -0.39 is 0 Å². The van der Waals surface area contributed by atoms with Gasteiger partial charge in [0.05, 0.1) is 28.0 Å². The molecule has 0 bridgehead atoms. The number of unbranched alkanes of at least 4 members (excludes halogenated alkanes) is 2. The highest BCUT2D eigenvalue weighted by molar-refractivity contribution is 6.35. The zero-order valence-electron chi connectivity index (χ0n) is 12.6. The molecule has 2 N–H and O–H groups in total. The second-order valence-corrected chi connectivity index (χ2v) is 5.60. The van der Waals surface area contributed by atoms with Gasteiger partial charge >= 0.3 is 0 Å². The van der Waals surface area contributed by atoms with E-state index in [2.05, 4.69) is 11.1 Å². The lowest BCUT2D eigenvalue weighted by Crippen LogP contribution is -2.29. The molecular weight excluding hydrogens is 300 g/mol. The number of nitrogens with two attached hydrogens (primary N) is 1. The van der Waals surface area contributed by atoms with Gasteiger partial charge in [0, 0.05) is 13.0 Å². The van der Waals surface area contributed by atoms with E-state index in [9.17, 15) is 4.79 Å². The van der Waals surface area contributed by atoms with E-state index in [-0.39, 0.29) is 11.6 Å². The van der Waals surface area contributed by atoms with E-state index in [0.29, 0.717) is 41.1 Å². The predicted molar refractivity (Wildman–Crippen MR) is 87.7 cm³/mol. The first-order valence-corrected chi connectivity index (χ1v) is 7.79. The van der Waals surface area contributed by atoms with Gasteiger partial charge in [-0.3, -0.25) is 9.36 Å². The number of hydrogen-bond acceptors (Lipinski definition) is 4. The second-order valence-electron chi connectivity index (χ2n) is 5.19.